The van der Waals surface area contributed by atoms with Gasteiger partial charge in [0.2, 0.25) is 11.8 Å². The van der Waals surface area contributed by atoms with Crippen molar-refractivity contribution in [1.29, 1.82) is 0 Å². The number of ether oxygens (including phenoxy) is 2. The maximum atomic E-state index is 15.4. The fraction of sp³-hybridized carbons (Fsp3) is 0.429. The largest absolute Gasteiger partial charge is 0.497 e. The normalized spacial score (nSPS) is 27.2. The highest BCUT2D eigenvalue weighted by Crippen LogP contribution is 2.77. The van der Waals surface area contributed by atoms with Crippen LogP contribution >= 0.6 is 0 Å². The Kier molecular flexibility index (Phi) is 5.50. The van der Waals surface area contributed by atoms with E-state index >= 15 is 8.78 Å². The molecule has 1 atom stereocenters. The molecule has 2 aliphatic heterocycles. The summed E-state index contributed by atoms with van der Waals surface area (Å²) in [5, 5.41) is 2.26. The molecule has 1 N–H and O–H groups in total. The number of methoxy groups -OCH3 is 1. The summed E-state index contributed by atoms with van der Waals surface area (Å²) in [7, 11) is 3.02. The molecule has 4 fully saturated rings. The first-order valence-electron chi connectivity index (χ1n) is 12.7. The number of hydrogen-bond acceptors (Lipinski definition) is 6. The molecule has 0 spiro atoms. The van der Waals surface area contributed by atoms with E-state index in [9.17, 15) is 19.2 Å². The minimum Gasteiger partial charge on any atom is -0.497 e. The van der Waals surface area contributed by atoms with Crippen LogP contribution < -0.4 is 14.8 Å². The van der Waals surface area contributed by atoms with Crippen molar-refractivity contribution in [3.05, 3.63) is 59.2 Å². The van der Waals surface area contributed by atoms with Gasteiger partial charge >= 0.3 is 6.09 Å². The van der Waals surface area contributed by atoms with Gasteiger partial charge in [0.25, 0.3) is 11.8 Å². The summed E-state index contributed by atoms with van der Waals surface area (Å²) in [6.45, 7) is 0.210. The third-order valence-electron chi connectivity index (χ3n) is 8.81. The average molecular weight is 540 g/mol. The smallest absolute Gasteiger partial charge is 0.415 e. The summed E-state index contributed by atoms with van der Waals surface area (Å²) in [4.78, 5) is 52.5. The monoisotopic (exact) mass is 539 g/mol. The van der Waals surface area contributed by atoms with Gasteiger partial charge in [-0.3, -0.25) is 19.7 Å². The van der Waals surface area contributed by atoms with Crippen LogP contribution in [-0.4, -0.2) is 59.4 Å². The summed E-state index contributed by atoms with van der Waals surface area (Å²) in [6, 6.07) is 9.71. The minimum absolute atomic E-state index is 0.0732. The van der Waals surface area contributed by atoms with Gasteiger partial charge in [-0.05, 0) is 67.6 Å². The molecule has 0 radical (unpaired) electrons. The lowest BCUT2D eigenvalue weighted by Gasteiger charge is -2.74. The first-order valence-corrected chi connectivity index (χ1v) is 12.7. The van der Waals surface area contributed by atoms with Gasteiger partial charge in [-0.2, -0.15) is 0 Å². The Morgan fingerprint density at radius 2 is 1.74 bits per heavy atom. The van der Waals surface area contributed by atoms with Crippen molar-refractivity contribution in [3.8, 4) is 11.5 Å². The number of rotatable bonds is 6. The molecular formula is C28H27F2N3O6. The molecule has 2 bridgehead atoms. The Bertz CT molecular complexity index is 1390. The quantitative estimate of drug-likeness (QED) is 0.563. The molecule has 2 aromatic carbocycles. The summed E-state index contributed by atoms with van der Waals surface area (Å²) >= 11 is 0. The third kappa shape index (κ3) is 3.70. The maximum absolute atomic E-state index is 15.4. The van der Waals surface area contributed by atoms with Crippen LogP contribution in [0.3, 0.4) is 0 Å². The zero-order chi connectivity index (χ0) is 27.7. The summed E-state index contributed by atoms with van der Waals surface area (Å²) in [5.74, 6) is -3.64. The fourth-order valence-corrected chi connectivity index (χ4v) is 6.49. The zero-order valence-electron chi connectivity index (χ0n) is 21.5. The first-order chi connectivity index (χ1) is 18.5. The number of fused-ring (bicyclic) bond motifs is 1. The molecular weight excluding hydrogens is 512 g/mol. The molecule has 204 valence electrons. The van der Waals surface area contributed by atoms with Crippen LogP contribution in [0, 0.1) is 5.41 Å². The highest BCUT2D eigenvalue weighted by molar-refractivity contribution is 6.05. The summed E-state index contributed by atoms with van der Waals surface area (Å²) in [6.07, 6.45) is 0.193. The SMILES string of the molecule is COc1ccc(C(F)(F)C23CC(N(C)C(=O)Oc4ccc5c(c4)C(=O)N(C4CCC(=O)NC4=O)C5)(C2)C3)cc1. The van der Waals surface area contributed by atoms with E-state index in [4.69, 9.17) is 9.47 Å². The van der Waals surface area contributed by atoms with Crippen LogP contribution in [0.1, 0.15) is 53.6 Å². The van der Waals surface area contributed by atoms with E-state index in [1.165, 1.54) is 47.2 Å². The second-order valence-corrected chi connectivity index (χ2v) is 11.0. The number of hydrogen-bond donors (Lipinski definition) is 1. The molecule has 11 heteroatoms. The Morgan fingerprint density at radius 1 is 1.08 bits per heavy atom. The van der Waals surface area contributed by atoms with Gasteiger partial charge in [-0.15, -0.1) is 0 Å². The van der Waals surface area contributed by atoms with Crippen LogP contribution in [0.2, 0.25) is 0 Å². The van der Waals surface area contributed by atoms with E-state index in [2.05, 4.69) is 5.32 Å². The zero-order valence-corrected chi connectivity index (χ0v) is 21.5. The van der Waals surface area contributed by atoms with E-state index in [1.54, 1.807) is 19.2 Å². The number of halogens is 2. The number of amides is 4. The molecule has 2 heterocycles. The van der Waals surface area contributed by atoms with Gasteiger partial charge in [0, 0.05) is 42.1 Å². The molecule has 4 amide bonds. The first kappa shape index (κ1) is 25.3. The number of carbonyl (C=O) groups excluding carboxylic acids is 4. The van der Waals surface area contributed by atoms with Crippen LogP contribution in [0.15, 0.2) is 42.5 Å². The number of carbonyl (C=O) groups is 4. The second-order valence-electron chi connectivity index (χ2n) is 11.0. The molecule has 1 unspecified atom stereocenters. The number of nitrogens with zero attached hydrogens (tertiary/aromatic N) is 2. The number of piperidine rings is 1. The predicted octanol–water partition coefficient (Wildman–Crippen LogP) is 3.60. The van der Waals surface area contributed by atoms with E-state index in [-0.39, 0.29) is 61.8 Å². The topological polar surface area (TPSA) is 105 Å². The molecule has 3 saturated carbocycles. The molecule has 0 aromatic heterocycles. The van der Waals surface area contributed by atoms with Crippen molar-refractivity contribution in [2.45, 2.75) is 56.2 Å². The van der Waals surface area contributed by atoms with Gasteiger partial charge in [-0.1, -0.05) is 6.07 Å². The number of nitrogens with one attached hydrogen (secondary N) is 1. The highest BCUT2D eigenvalue weighted by Gasteiger charge is 2.79. The van der Waals surface area contributed by atoms with Crippen molar-refractivity contribution in [2.75, 3.05) is 14.2 Å². The summed E-state index contributed by atoms with van der Waals surface area (Å²) < 4.78 is 41.3. The minimum atomic E-state index is -3.04. The van der Waals surface area contributed by atoms with Gasteiger partial charge < -0.3 is 19.3 Å². The number of imide groups is 1. The van der Waals surface area contributed by atoms with Gasteiger partial charge in [0.1, 0.15) is 17.5 Å². The van der Waals surface area contributed by atoms with Crippen LogP contribution in [0.4, 0.5) is 13.6 Å². The van der Waals surface area contributed by atoms with E-state index in [0.717, 1.165) is 0 Å². The van der Waals surface area contributed by atoms with Gasteiger partial charge in [0.05, 0.1) is 7.11 Å². The van der Waals surface area contributed by atoms with Gasteiger partial charge in [-0.25, -0.2) is 13.6 Å². The Balaban J connectivity index is 1.10. The number of benzene rings is 2. The van der Waals surface area contributed by atoms with Crippen molar-refractivity contribution < 1.29 is 37.4 Å². The highest BCUT2D eigenvalue weighted by atomic mass is 19.3. The third-order valence-corrected chi connectivity index (χ3v) is 8.81. The van der Waals surface area contributed by atoms with Gasteiger partial charge in [0.15, 0.2) is 0 Å². The molecule has 3 aliphatic carbocycles. The molecule has 1 saturated heterocycles. The molecule has 7 rings (SSSR count). The van der Waals surface area contributed by atoms with Crippen molar-refractivity contribution in [2.24, 2.45) is 5.41 Å². The van der Waals surface area contributed by atoms with E-state index in [1.807, 2.05) is 0 Å². The Labute approximate surface area is 223 Å². The van der Waals surface area contributed by atoms with Crippen LogP contribution in [0.25, 0.3) is 0 Å². The maximum Gasteiger partial charge on any atom is 0.415 e. The average Bonchev–Trinajstić information content (AvgIpc) is 3.17. The van der Waals surface area contributed by atoms with E-state index in [0.29, 0.717) is 16.9 Å². The molecule has 9 nitrogen and oxygen atoms in total. The number of alkyl halides is 2. The molecule has 5 aliphatic rings. The Hall–Kier alpha value is -4.02. The fourth-order valence-electron chi connectivity index (χ4n) is 6.49. The lowest BCUT2D eigenvalue weighted by Crippen LogP contribution is -2.78. The van der Waals surface area contributed by atoms with Crippen LogP contribution in [-0.2, 0) is 22.1 Å². The standard InChI is InChI=1S/C28H27F2N3O6/c1-32(27-13-26(14-27,15-27)28(29,30)17-4-7-18(38-2)8-5-17)25(37)39-19-6-3-16-12-33(24(36)20(16)11-19)21-9-10-22(34)31-23(21)35/h3-8,11,21H,9-10,12-15H2,1-2H3,(H,31,34,35). The van der Waals surface area contributed by atoms with Crippen LogP contribution in [0.5, 0.6) is 11.5 Å². The second kappa shape index (κ2) is 8.49. The lowest BCUT2D eigenvalue weighted by molar-refractivity contribution is -0.313. The predicted molar refractivity (Wildman–Crippen MR) is 132 cm³/mol. The molecule has 2 aromatic rings. The van der Waals surface area contributed by atoms with Crippen molar-refractivity contribution in [3.63, 3.8) is 0 Å². The molecule has 39 heavy (non-hydrogen) atoms. The lowest BCUT2D eigenvalue weighted by atomic mass is 9.36. The Morgan fingerprint density at radius 3 is 2.38 bits per heavy atom. The van der Waals surface area contributed by atoms with E-state index < -0.39 is 34.9 Å². The summed E-state index contributed by atoms with van der Waals surface area (Å²) in [5.41, 5.74) is -0.968. The van der Waals surface area contributed by atoms with Crippen molar-refractivity contribution >= 4 is 23.8 Å². The van der Waals surface area contributed by atoms with Crippen molar-refractivity contribution in [1.82, 2.24) is 15.1 Å².